The van der Waals surface area contributed by atoms with Gasteiger partial charge in [-0.15, -0.1) is 0 Å². The maximum absolute atomic E-state index is 12.6. The standard InChI is InChI=1S/C17H27N3O3/c1-4-11-9-13(18)16(23-3)14(15(11)21)17(22)19-10-12-7-6-8-20(12)5-2/h9,12,21H,4-8,10,18H2,1-3H3,(H,19,22). The highest BCUT2D eigenvalue weighted by Crippen LogP contribution is 2.37. The van der Waals surface area contributed by atoms with Gasteiger partial charge < -0.3 is 20.9 Å². The van der Waals surface area contributed by atoms with Crippen molar-refractivity contribution in [2.75, 3.05) is 32.5 Å². The molecule has 1 aromatic carbocycles. The number of nitrogen functional groups attached to an aromatic ring is 1. The van der Waals surface area contributed by atoms with E-state index in [1.807, 2.05) is 6.92 Å². The van der Waals surface area contributed by atoms with E-state index >= 15 is 0 Å². The number of hydrogen-bond donors (Lipinski definition) is 3. The SMILES string of the molecule is CCc1cc(N)c(OC)c(C(=O)NCC2CCCN2CC)c1O. The second-order valence-corrected chi connectivity index (χ2v) is 5.87. The number of anilines is 1. The van der Waals surface area contributed by atoms with Crippen molar-refractivity contribution >= 4 is 11.6 Å². The summed E-state index contributed by atoms with van der Waals surface area (Å²) in [6.45, 7) is 6.64. The number of methoxy groups -OCH3 is 1. The lowest BCUT2D eigenvalue weighted by molar-refractivity contribution is 0.0935. The van der Waals surface area contributed by atoms with Crippen molar-refractivity contribution in [2.45, 2.75) is 39.2 Å². The Morgan fingerprint density at radius 2 is 2.26 bits per heavy atom. The number of likely N-dealkylation sites (N-methyl/N-ethyl adjacent to an activating group) is 1. The van der Waals surface area contributed by atoms with Gasteiger partial charge >= 0.3 is 0 Å². The van der Waals surface area contributed by atoms with Crippen LogP contribution < -0.4 is 15.8 Å². The zero-order valence-corrected chi connectivity index (χ0v) is 14.2. The predicted octanol–water partition coefficient (Wildman–Crippen LogP) is 1.76. The summed E-state index contributed by atoms with van der Waals surface area (Å²) < 4.78 is 5.24. The summed E-state index contributed by atoms with van der Waals surface area (Å²) in [7, 11) is 1.45. The van der Waals surface area contributed by atoms with Gasteiger partial charge in [-0.3, -0.25) is 9.69 Å². The molecule has 0 aliphatic carbocycles. The number of benzene rings is 1. The van der Waals surface area contributed by atoms with Crippen LogP contribution in [0.25, 0.3) is 0 Å². The van der Waals surface area contributed by atoms with Gasteiger partial charge in [0.1, 0.15) is 11.3 Å². The lowest BCUT2D eigenvalue weighted by atomic mass is 10.0. The maximum Gasteiger partial charge on any atom is 0.258 e. The van der Waals surface area contributed by atoms with E-state index in [-0.39, 0.29) is 23.0 Å². The summed E-state index contributed by atoms with van der Waals surface area (Å²) in [6, 6.07) is 2.00. The molecule has 0 bridgehead atoms. The average Bonchev–Trinajstić information content (AvgIpc) is 3.01. The largest absolute Gasteiger partial charge is 0.507 e. The minimum absolute atomic E-state index is 0.0465. The Morgan fingerprint density at radius 1 is 1.52 bits per heavy atom. The molecule has 2 rings (SSSR count). The van der Waals surface area contributed by atoms with Crippen LogP contribution in [0.1, 0.15) is 42.6 Å². The Balaban J connectivity index is 2.19. The van der Waals surface area contributed by atoms with Gasteiger partial charge in [0.2, 0.25) is 0 Å². The number of nitrogens with two attached hydrogens (primary N) is 1. The van der Waals surface area contributed by atoms with Crippen LogP contribution >= 0.6 is 0 Å². The van der Waals surface area contributed by atoms with Crippen LogP contribution in [-0.4, -0.2) is 48.7 Å². The van der Waals surface area contributed by atoms with E-state index in [9.17, 15) is 9.90 Å². The third-order valence-electron chi connectivity index (χ3n) is 4.58. The first-order chi connectivity index (χ1) is 11.0. The molecule has 0 saturated carbocycles. The normalized spacial score (nSPS) is 18.1. The van der Waals surface area contributed by atoms with Crippen LogP contribution in [0, 0.1) is 0 Å². The summed E-state index contributed by atoms with van der Waals surface area (Å²) >= 11 is 0. The number of nitrogens with zero attached hydrogens (tertiary/aromatic N) is 1. The smallest absolute Gasteiger partial charge is 0.258 e. The lowest BCUT2D eigenvalue weighted by Gasteiger charge is -2.23. The molecular weight excluding hydrogens is 294 g/mol. The number of carbonyl (C=O) groups is 1. The number of carbonyl (C=O) groups excluding carboxylic acids is 1. The zero-order chi connectivity index (χ0) is 17.0. The highest BCUT2D eigenvalue weighted by atomic mass is 16.5. The van der Waals surface area contributed by atoms with Gasteiger partial charge in [-0.05, 0) is 44.0 Å². The first-order valence-electron chi connectivity index (χ1n) is 8.23. The minimum atomic E-state index is -0.343. The molecule has 6 nitrogen and oxygen atoms in total. The number of hydrogen-bond acceptors (Lipinski definition) is 5. The van der Waals surface area contributed by atoms with Crippen molar-refractivity contribution in [1.82, 2.24) is 10.2 Å². The zero-order valence-electron chi connectivity index (χ0n) is 14.2. The summed E-state index contributed by atoms with van der Waals surface area (Å²) in [4.78, 5) is 14.9. The molecule has 1 unspecified atom stereocenters. The third kappa shape index (κ3) is 3.52. The number of phenols is 1. The molecule has 1 heterocycles. The highest BCUT2D eigenvalue weighted by Gasteiger charge is 2.26. The molecule has 6 heteroatoms. The second kappa shape index (κ2) is 7.55. The summed E-state index contributed by atoms with van der Waals surface area (Å²) in [6.07, 6.45) is 2.82. The van der Waals surface area contributed by atoms with E-state index in [2.05, 4.69) is 17.1 Å². The molecule has 0 radical (unpaired) electrons. The molecule has 1 aromatic rings. The number of aromatic hydroxyl groups is 1. The van der Waals surface area contributed by atoms with Crippen LogP contribution in [0.5, 0.6) is 11.5 Å². The molecule has 0 aromatic heterocycles. The van der Waals surface area contributed by atoms with Crippen molar-refractivity contribution in [3.63, 3.8) is 0 Å². The van der Waals surface area contributed by atoms with Crippen molar-refractivity contribution in [1.29, 1.82) is 0 Å². The van der Waals surface area contributed by atoms with E-state index in [0.717, 1.165) is 25.9 Å². The third-order valence-corrected chi connectivity index (χ3v) is 4.58. The first-order valence-corrected chi connectivity index (χ1v) is 8.23. The Morgan fingerprint density at radius 3 is 2.87 bits per heavy atom. The van der Waals surface area contributed by atoms with E-state index in [1.165, 1.54) is 7.11 Å². The number of amides is 1. The molecule has 1 aliphatic heterocycles. The van der Waals surface area contributed by atoms with Gasteiger partial charge in [0.05, 0.1) is 12.8 Å². The van der Waals surface area contributed by atoms with Crippen LogP contribution in [0.15, 0.2) is 6.07 Å². The van der Waals surface area contributed by atoms with Gasteiger partial charge in [-0.25, -0.2) is 0 Å². The van der Waals surface area contributed by atoms with Crippen LogP contribution in [-0.2, 0) is 6.42 Å². The number of phenolic OH excluding ortho intramolecular Hbond substituents is 1. The van der Waals surface area contributed by atoms with Gasteiger partial charge in [-0.1, -0.05) is 13.8 Å². The van der Waals surface area contributed by atoms with E-state index < -0.39 is 0 Å². The van der Waals surface area contributed by atoms with Gasteiger partial charge in [0, 0.05) is 12.6 Å². The number of aryl methyl sites for hydroxylation is 1. The maximum atomic E-state index is 12.6. The minimum Gasteiger partial charge on any atom is -0.507 e. The van der Waals surface area contributed by atoms with E-state index in [1.54, 1.807) is 6.07 Å². The number of nitrogens with one attached hydrogen (secondary N) is 1. The molecule has 1 fully saturated rings. The van der Waals surface area contributed by atoms with Crippen molar-refractivity contribution < 1.29 is 14.6 Å². The Labute approximate surface area is 137 Å². The Kier molecular flexibility index (Phi) is 5.71. The number of likely N-dealkylation sites (tertiary alicyclic amines) is 1. The van der Waals surface area contributed by atoms with Gasteiger partial charge in [0.25, 0.3) is 5.91 Å². The lowest BCUT2D eigenvalue weighted by Crippen LogP contribution is -2.40. The summed E-state index contributed by atoms with van der Waals surface area (Å²) in [5.41, 5.74) is 7.09. The van der Waals surface area contributed by atoms with Crippen molar-refractivity contribution in [3.8, 4) is 11.5 Å². The molecule has 1 atom stereocenters. The van der Waals surface area contributed by atoms with Crippen molar-refractivity contribution in [2.24, 2.45) is 0 Å². The van der Waals surface area contributed by atoms with E-state index in [4.69, 9.17) is 10.5 Å². The molecule has 0 spiro atoms. The quantitative estimate of drug-likeness (QED) is 0.549. The van der Waals surface area contributed by atoms with Crippen LogP contribution in [0.2, 0.25) is 0 Å². The fraction of sp³-hybridized carbons (Fsp3) is 0.588. The van der Waals surface area contributed by atoms with Gasteiger partial charge in [-0.2, -0.15) is 0 Å². The molecule has 128 valence electrons. The summed E-state index contributed by atoms with van der Waals surface area (Å²) in [5, 5.41) is 13.3. The fourth-order valence-electron chi connectivity index (χ4n) is 3.28. The number of rotatable bonds is 6. The monoisotopic (exact) mass is 321 g/mol. The molecule has 23 heavy (non-hydrogen) atoms. The molecule has 1 amide bonds. The van der Waals surface area contributed by atoms with Crippen LogP contribution in [0.4, 0.5) is 5.69 Å². The first kappa shape index (κ1) is 17.4. The molecular formula is C17H27N3O3. The fourth-order valence-corrected chi connectivity index (χ4v) is 3.28. The van der Waals surface area contributed by atoms with Gasteiger partial charge in [0.15, 0.2) is 5.75 Å². The van der Waals surface area contributed by atoms with Crippen molar-refractivity contribution in [3.05, 3.63) is 17.2 Å². The Bertz CT molecular complexity index is 575. The second-order valence-electron chi connectivity index (χ2n) is 5.87. The molecule has 1 saturated heterocycles. The van der Waals surface area contributed by atoms with Crippen LogP contribution in [0.3, 0.4) is 0 Å². The Hall–Kier alpha value is -1.95. The summed E-state index contributed by atoms with van der Waals surface area (Å²) in [5.74, 6) is -0.157. The predicted molar refractivity (Wildman–Crippen MR) is 91.1 cm³/mol. The average molecular weight is 321 g/mol. The molecule has 4 N–H and O–H groups in total. The number of ether oxygens (including phenoxy) is 1. The molecule has 1 aliphatic rings. The van der Waals surface area contributed by atoms with E-state index in [0.29, 0.717) is 30.3 Å². The highest BCUT2D eigenvalue weighted by molar-refractivity contribution is 6.01. The topological polar surface area (TPSA) is 87.8 Å².